The first-order valence-electron chi connectivity index (χ1n) is 5.73. The number of halogens is 4. The van der Waals surface area contributed by atoms with Crippen molar-refractivity contribution in [2.45, 2.75) is 19.1 Å². The fourth-order valence-corrected chi connectivity index (χ4v) is 1.46. The second-order valence-corrected chi connectivity index (χ2v) is 3.86. The van der Waals surface area contributed by atoms with Crippen molar-refractivity contribution in [3.63, 3.8) is 0 Å². The third kappa shape index (κ3) is 6.65. The van der Waals surface area contributed by atoms with Crippen molar-refractivity contribution in [3.8, 4) is 5.75 Å². The summed E-state index contributed by atoms with van der Waals surface area (Å²) in [6.45, 7) is -2.99. The first kappa shape index (κ1) is 19.5. The van der Waals surface area contributed by atoms with Crippen LogP contribution < -0.4 is 15.8 Å². The van der Waals surface area contributed by atoms with Crippen LogP contribution in [0.25, 0.3) is 0 Å². The van der Waals surface area contributed by atoms with E-state index in [1.165, 1.54) is 7.11 Å². The lowest BCUT2D eigenvalue weighted by molar-refractivity contribution is -0.118. The van der Waals surface area contributed by atoms with Gasteiger partial charge in [-0.2, -0.15) is 8.78 Å². The Morgan fingerprint density at radius 1 is 1.43 bits per heavy atom. The molecule has 0 fully saturated rings. The lowest BCUT2D eigenvalue weighted by atomic mass is 10.2. The first-order chi connectivity index (χ1) is 9.46. The van der Waals surface area contributed by atoms with Gasteiger partial charge < -0.3 is 20.5 Å². The summed E-state index contributed by atoms with van der Waals surface area (Å²) in [7, 11) is 1.40. The SMILES string of the molecule is COC(CN)CC(=O)Nc1ccc(F)cc1OC(F)F.Cl. The predicted octanol–water partition coefficient (Wildman–Crippen LogP) is 2.15. The highest BCUT2D eigenvalue weighted by Crippen LogP contribution is 2.27. The molecule has 1 rings (SSSR count). The topological polar surface area (TPSA) is 73.6 Å². The molecule has 0 aliphatic heterocycles. The Morgan fingerprint density at radius 2 is 2.10 bits per heavy atom. The van der Waals surface area contributed by atoms with Gasteiger partial charge in [0, 0.05) is 19.7 Å². The van der Waals surface area contributed by atoms with Gasteiger partial charge in [-0.1, -0.05) is 0 Å². The quantitative estimate of drug-likeness (QED) is 0.804. The van der Waals surface area contributed by atoms with Crippen LogP contribution in [0.15, 0.2) is 18.2 Å². The lowest BCUT2D eigenvalue weighted by Crippen LogP contribution is -2.28. The average molecular weight is 329 g/mol. The molecular formula is C12H16ClF3N2O3. The summed E-state index contributed by atoms with van der Waals surface area (Å²) in [5, 5.41) is 2.34. The van der Waals surface area contributed by atoms with Crippen LogP contribution in [0.1, 0.15) is 6.42 Å². The maximum atomic E-state index is 13.0. The molecule has 9 heteroatoms. The highest BCUT2D eigenvalue weighted by atomic mass is 35.5. The molecule has 0 saturated heterocycles. The van der Waals surface area contributed by atoms with Gasteiger partial charge in [0.1, 0.15) is 5.82 Å². The number of benzene rings is 1. The van der Waals surface area contributed by atoms with Crippen molar-refractivity contribution in [3.05, 3.63) is 24.0 Å². The minimum atomic E-state index is -3.12. The zero-order valence-corrected chi connectivity index (χ0v) is 12.0. The van der Waals surface area contributed by atoms with E-state index in [0.717, 1.165) is 18.2 Å². The fourth-order valence-electron chi connectivity index (χ4n) is 1.46. The van der Waals surface area contributed by atoms with Crippen LogP contribution >= 0.6 is 12.4 Å². The van der Waals surface area contributed by atoms with Gasteiger partial charge in [0.05, 0.1) is 18.2 Å². The Morgan fingerprint density at radius 3 is 2.62 bits per heavy atom. The van der Waals surface area contributed by atoms with E-state index in [1.807, 2.05) is 0 Å². The molecule has 1 amide bonds. The largest absolute Gasteiger partial charge is 0.432 e. The summed E-state index contributed by atoms with van der Waals surface area (Å²) >= 11 is 0. The third-order valence-electron chi connectivity index (χ3n) is 2.44. The molecule has 1 unspecified atom stereocenters. The highest BCUT2D eigenvalue weighted by Gasteiger charge is 2.16. The van der Waals surface area contributed by atoms with E-state index in [2.05, 4.69) is 10.1 Å². The van der Waals surface area contributed by atoms with E-state index in [9.17, 15) is 18.0 Å². The van der Waals surface area contributed by atoms with Gasteiger partial charge in [0.25, 0.3) is 0 Å². The molecule has 1 aromatic rings. The van der Waals surface area contributed by atoms with Gasteiger partial charge in [-0.25, -0.2) is 4.39 Å². The van der Waals surface area contributed by atoms with Crippen molar-refractivity contribution in [1.82, 2.24) is 0 Å². The monoisotopic (exact) mass is 328 g/mol. The Labute approximate surface area is 126 Å². The van der Waals surface area contributed by atoms with Crippen LogP contribution in [0.5, 0.6) is 5.75 Å². The minimum Gasteiger partial charge on any atom is -0.432 e. The van der Waals surface area contributed by atoms with Crippen LogP contribution in [-0.4, -0.2) is 32.3 Å². The van der Waals surface area contributed by atoms with E-state index >= 15 is 0 Å². The van der Waals surface area contributed by atoms with Crippen molar-refractivity contribution >= 4 is 24.0 Å². The molecule has 0 spiro atoms. The van der Waals surface area contributed by atoms with Crippen LogP contribution in [0.2, 0.25) is 0 Å². The summed E-state index contributed by atoms with van der Waals surface area (Å²) in [6.07, 6.45) is -0.548. The summed E-state index contributed by atoms with van der Waals surface area (Å²) in [4.78, 5) is 11.7. The number of nitrogens with one attached hydrogen (secondary N) is 1. The van der Waals surface area contributed by atoms with Crippen LogP contribution in [-0.2, 0) is 9.53 Å². The van der Waals surface area contributed by atoms with E-state index in [4.69, 9.17) is 10.5 Å². The van der Waals surface area contributed by atoms with E-state index in [-0.39, 0.29) is 31.1 Å². The second-order valence-electron chi connectivity index (χ2n) is 3.86. The smallest absolute Gasteiger partial charge is 0.387 e. The maximum Gasteiger partial charge on any atom is 0.387 e. The Hall–Kier alpha value is -1.51. The zero-order valence-electron chi connectivity index (χ0n) is 11.1. The van der Waals surface area contributed by atoms with Gasteiger partial charge in [-0.15, -0.1) is 12.4 Å². The molecular weight excluding hydrogens is 313 g/mol. The van der Waals surface area contributed by atoms with Crippen molar-refractivity contribution < 1.29 is 27.4 Å². The van der Waals surface area contributed by atoms with E-state index in [0.29, 0.717) is 0 Å². The molecule has 0 radical (unpaired) electrons. The number of methoxy groups -OCH3 is 1. The molecule has 3 N–H and O–H groups in total. The number of hydrogen-bond donors (Lipinski definition) is 2. The summed E-state index contributed by atoms with van der Waals surface area (Å²) in [5.41, 5.74) is 5.31. The Balaban J connectivity index is 0.00000400. The van der Waals surface area contributed by atoms with Crippen LogP contribution in [0.4, 0.5) is 18.9 Å². The molecule has 1 atom stereocenters. The van der Waals surface area contributed by atoms with Crippen molar-refractivity contribution in [2.75, 3.05) is 19.0 Å². The van der Waals surface area contributed by atoms with E-state index in [1.54, 1.807) is 0 Å². The summed E-state index contributed by atoms with van der Waals surface area (Å²) < 4.78 is 46.4. The standard InChI is InChI=1S/C12H15F3N2O3.ClH/c1-19-8(6-16)5-11(18)17-9-3-2-7(13)4-10(9)20-12(14)15;/h2-4,8,12H,5-6,16H2,1H3,(H,17,18);1H. The van der Waals surface area contributed by atoms with Crippen molar-refractivity contribution in [1.29, 1.82) is 0 Å². The number of alkyl halides is 2. The Kier molecular flexibility index (Phi) is 8.75. The van der Waals surface area contributed by atoms with Gasteiger partial charge in [0.15, 0.2) is 5.75 Å². The molecule has 0 aliphatic rings. The third-order valence-corrected chi connectivity index (χ3v) is 2.44. The second kappa shape index (κ2) is 9.43. The predicted molar refractivity (Wildman–Crippen MR) is 73.4 cm³/mol. The van der Waals surface area contributed by atoms with Crippen LogP contribution in [0.3, 0.4) is 0 Å². The number of carbonyl (C=O) groups is 1. The molecule has 0 aliphatic carbocycles. The molecule has 0 aromatic heterocycles. The fraction of sp³-hybridized carbons (Fsp3) is 0.417. The normalized spacial score (nSPS) is 11.7. The van der Waals surface area contributed by atoms with Gasteiger partial charge in [0.2, 0.25) is 5.91 Å². The molecule has 0 heterocycles. The molecule has 0 bridgehead atoms. The summed E-state index contributed by atoms with van der Waals surface area (Å²) in [5.74, 6) is -1.71. The maximum absolute atomic E-state index is 13.0. The molecule has 120 valence electrons. The number of hydrogen-bond acceptors (Lipinski definition) is 4. The summed E-state index contributed by atoms with van der Waals surface area (Å²) in [6, 6.07) is 2.92. The van der Waals surface area contributed by atoms with Crippen LogP contribution in [0, 0.1) is 5.82 Å². The van der Waals surface area contributed by atoms with Crippen molar-refractivity contribution in [2.24, 2.45) is 5.73 Å². The Bertz CT molecular complexity index is 459. The number of carbonyl (C=O) groups excluding carboxylic acids is 1. The van der Waals surface area contributed by atoms with Gasteiger partial charge in [-0.3, -0.25) is 4.79 Å². The van der Waals surface area contributed by atoms with E-state index < -0.39 is 30.2 Å². The molecule has 0 saturated carbocycles. The molecule has 5 nitrogen and oxygen atoms in total. The lowest BCUT2D eigenvalue weighted by Gasteiger charge is -2.15. The number of rotatable bonds is 7. The average Bonchev–Trinajstić information content (AvgIpc) is 2.38. The first-order valence-corrected chi connectivity index (χ1v) is 5.73. The minimum absolute atomic E-state index is 0. The van der Waals surface area contributed by atoms with Gasteiger partial charge >= 0.3 is 6.61 Å². The number of nitrogens with two attached hydrogens (primary N) is 1. The molecule has 21 heavy (non-hydrogen) atoms. The number of ether oxygens (including phenoxy) is 2. The number of amides is 1. The zero-order chi connectivity index (χ0) is 15.1. The number of anilines is 1. The molecule has 1 aromatic carbocycles. The highest BCUT2D eigenvalue weighted by molar-refractivity contribution is 5.92. The van der Waals surface area contributed by atoms with Gasteiger partial charge in [-0.05, 0) is 12.1 Å².